The van der Waals surface area contributed by atoms with Gasteiger partial charge < -0.3 is 10.0 Å². The van der Waals surface area contributed by atoms with Crippen LogP contribution in [0.2, 0.25) is 0 Å². The highest BCUT2D eigenvalue weighted by Gasteiger charge is 2.15. The molecule has 1 N–H and O–H groups in total. The molecule has 0 aromatic carbocycles. The van der Waals surface area contributed by atoms with Gasteiger partial charge in [0, 0.05) is 19.3 Å². The van der Waals surface area contributed by atoms with Crippen molar-refractivity contribution in [3.63, 3.8) is 0 Å². The van der Waals surface area contributed by atoms with E-state index in [1.165, 1.54) is 24.8 Å². The molecule has 0 saturated carbocycles. The number of aromatic nitrogens is 1. The molecule has 94 valence electrons. The van der Waals surface area contributed by atoms with Gasteiger partial charge in [-0.05, 0) is 49.8 Å². The molecule has 17 heavy (non-hydrogen) atoms. The van der Waals surface area contributed by atoms with Gasteiger partial charge in [0.05, 0.1) is 6.10 Å². The zero-order chi connectivity index (χ0) is 12.3. The number of aryl methyl sites for hydroxylation is 1. The lowest BCUT2D eigenvalue weighted by molar-refractivity contribution is 0.173. The molecule has 0 bridgehead atoms. The van der Waals surface area contributed by atoms with Crippen LogP contribution < -0.4 is 4.90 Å². The van der Waals surface area contributed by atoms with Crippen LogP contribution in [0.3, 0.4) is 0 Å². The lowest BCUT2D eigenvalue weighted by atomic mass is 10.1. The second-order valence-corrected chi connectivity index (χ2v) is 4.88. The summed E-state index contributed by atoms with van der Waals surface area (Å²) in [6, 6.07) is 2.07. The molecule has 2 rings (SSSR count). The molecule has 0 amide bonds. The topological polar surface area (TPSA) is 36.4 Å². The maximum Gasteiger partial charge on any atom is 0.131 e. The highest BCUT2D eigenvalue weighted by atomic mass is 16.3. The molecular formula is C14H22N2O. The maximum atomic E-state index is 9.80. The molecule has 1 aliphatic rings. The predicted molar refractivity (Wildman–Crippen MR) is 70.3 cm³/mol. The normalized spacial score (nSPS) is 18.2. The first-order valence-corrected chi connectivity index (χ1v) is 6.62. The SMILES string of the molecule is CC[C@@H](O)c1cnc(N2CCCCC2)c(C)c1. The Hall–Kier alpha value is -1.09. The number of nitrogens with zero attached hydrogens (tertiary/aromatic N) is 2. The molecule has 0 radical (unpaired) electrons. The molecular weight excluding hydrogens is 212 g/mol. The molecule has 1 fully saturated rings. The molecule has 0 spiro atoms. The van der Waals surface area contributed by atoms with Crippen molar-refractivity contribution in [2.45, 2.75) is 45.6 Å². The van der Waals surface area contributed by atoms with Gasteiger partial charge in [-0.25, -0.2) is 4.98 Å². The minimum atomic E-state index is -0.378. The smallest absolute Gasteiger partial charge is 0.131 e. The monoisotopic (exact) mass is 234 g/mol. The summed E-state index contributed by atoms with van der Waals surface area (Å²) in [5.74, 6) is 1.09. The van der Waals surface area contributed by atoms with E-state index in [1.54, 1.807) is 0 Å². The van der Waals surface area contributed by atoms with Gasteiger partial charge in [0.25, 0.3) is 0 Å². The number of hydrogen-bond acceptors (Lipinski definition) is 3. The number of anilines is 1. The van der Waals surface area contributed by atoms with Crippen molar-refractivity contribution in [3.8, 4) is 0 Å². The Kier molecular flexibility index (Phi) is 4.00. The molecule has 1 aromatic heterocycles. The van der Waals surface area contributed by atoms with Gasteiger partial charge in [0.15, 0.2) is 0 Å². The molecule has 1 aromatic rings. The largest absolute Gasteiger partial charge is 0.388 e. The molecule has 1 saturated heterocycles. The van der Waals surface area contributed by atoms with Crippen molar-refractivity contribution in [1.82, 2.24) is 4.98 Å². The molecule has 0 unspecified atom stereocenters. The van der Waals surface area contributed by atoms with Crippen LogP contribution in [0.15, 0.2) is 12.3 Å². The Bertz CT molecular complexity index is 372. The van der Waals surface area contributed by atoms with Crippen LogP contribution in [0.5, 0.6) is 0 Å². The fourth-order valence-electron chi connectivity index (χ4n) is 2.44. The summed E-state index contributed by atoms with van der Waals surface area (Å²) < 4.78 is 0. The zero-order valence-electron chi connectivity index (χ0n) is 10.8. The summed E-state index contributed by atoms with van der Waals surface area (Å²) in [7, 11) is 0. The fraction of sp³-hybridized carbons (Fsp3) is 0.643. The van der Waals surface area contributed by atoms with E-state index in [4.69, 9.17) is 0 Å². The van der Waals surface area contributed by atoms with Crippen LogP contribution >= 0.6 is 0 Å². The van der Waals surface area contributed by atoms with E-state index in [0.717, 1.165) is 30.9 Å². The average Bonchev–Trinajstić information content (AvgIpc) is 2.38. The third-order valence-corrected chi connectivity index (χ3v) is 3.50. The van der Waals surface area contributed by atoms with Crippen molar-refractivity contribution in [2.24, 2.45) is 0 Å². The van der Waals surface area contributed by atoms with Gasteiger partial charge in [0.1, 0.15) is 5.82 Å². The average molecular weight is 234 g/mol. The number of aliphatic hydroxyl groups is 1. The Morgan fingerprint density at radius 3 is 2.65 bits per heavy atom. The Labute approximate surface area is 103 Å². The van der Waals surface area contributed by atoms with Crippen LogP contribution in [-0.2, 0) is 0 Å². The van der Waals surface area contributed by atoms with Crippen molar-refractivity contribution < 1.29 is 5.11 Å². The van der Waals surface area contributed by atoms with E-state index in [1.807, 2.05) is 13.1 Å². The molecule has 2 heterocycles. The molecule has 1 atom stereocenters. The van der Waals surface area contributed by atoms with Crippen LogP contribution in [0.4, 0.5) is 5.82 Å². The van der Waals surface area contributed by atoms with Crippen molar-refractivity contribution >= 4 is 5.82 Å². The van der Waals surface area contributed by atoms with Gasteiger partial charge >= 0.3 is 0 Å². The highest BCUT2D eigenvalue weighted by molar-refractivity contribution is 5.47. The maximum absolute atomic E-state index is 9.80. The zero-order valence-corrected chi connectivity index (χ0v) is 10.8. The van der Waals surface area contributed by atoms with E-state index in [0.29, 0.717) is 0 Å². The summed E-state index contributed by atoms with van der Waals surface area (Å²) in [5, 5.41) is 9.80. The number of hydrogen-bond donors (Lipinski definition) is 1. The summed E-state index contributed by atoms with van der Waals surface area (Å²) in [6.45, 7) is 6.30. The van der Waals surface area contributed by atoms with E-state index in [2.05, 4.69) is 22.9 Å². The third kappa shape index (κ3) is 2.78. The Morgan fingerprint density at radius 2 is 2.06 bits per heavy atom. The van der Waals surface area contributed by atoms with Crippen LogP contribution in [0, 0.1) is 6.92 Å². The van der Waals surface area contributed by atoms with Gasteiger partial charge in [-0.2, -0.15) is 0 Å². The number of piperidine rings is 1. The lowest BCUT2D eigenvalue weighted by Crippen LogP contribution is -2.30. The van der Waals surface area contributed by atoms with E-state index in [9.17, 15) is 5.11 Å². The van der Waals surface area contributed by atoms with Crippen molar-refractivity contribution in [1.29, 1.82) is 0 Å². The second-order valence-electron chi connectivity index (χ2n) is 4.88. The predicted octanol–water partition coefficient (Wildman–Crippen LogP) is 2.82. The summed E-state index contributed by atoms with van der Waals surface area (Å²) in [6.07, 6.45) is 6.05. The van der Waals surface area contributed by atoms with Gasteiger partial charge in [0.2, 0.25) is 0 Å². The summed E-state index contributed by atoms with van der Waals surface area (Å²) in [5.41, 5.74) is 2.11. The molecule has 3 nitrogen and oxygen atoms in total. The fourth-order valence-corrected chi connectivity index (χ4v) is 2.44. The quantitative estimate of drug-likeness (QED) is 0.873. The van der Waals surface area contributed by atoms with Crippen molar-refractivity contribution in [3.05, 3.63) is 23.4 Å². The number of pyridine rings is 1. The lowest BCUT2D eigenvalue weighted by Gasteiger charge is -2.29. The van der Waals surface area contributed by atoms with Crippen LogP contribution in [0.1, 0.15) is 49.8 Å². The summed E-state index contributed by atoms with van der Waals surface area (Å²) >= 11 is 0. The number of rotatable bonds is 3. The first kappa shape index (κ1) is 12.4. The van der Waals surface area contributed by atoms with Crippen LogP contribution in [-0.4, -0.2) is 23.2 Å². The minimum absolute atomic E-state index is 0.378. The summed E-state index contributed by atoms with van der Waals surface area (Å²) in [4.78, 5) is 6.90. The van der Waals surface area contributed by atoms with Crippen molar-refractivity contribution in [2.75, 3.05) is 18.0 Å². The standard InChI is InChI=1S/C14H22N2O/c1-3-13(17)12-9-11(2)14(15-10-12)16-7-5-4-6-8-16/h9-10,13,17H,3-8H2,1-2H3/t13-/m1/s1. The van der Waals surface area contributed by atoms with Gasteiger partial charge in [-0.3, -0.25) is 0 Å². The highest BCUT2D eigenvalue weighted by Crippen LogP contribution is 2.24. The first-order valence-electron chi connectivity index (χ1n) is 6.62. The Morgan fingerprint density at radius 1 is 1.35 bits per heavy atom. The molecule has 0 aliphatic carbocycles. The molecule has 1 aliphatic heterocycles. The number of aliphatic hydroxyl groups excluding tert-OH is 1. The van der Waals surface area contributed by atoms with Crippen LogP contribution in [0.25, 0.3) is 0 Å². The van der Waals surface area contributed by atoms with Gasteiger partial charge in [-0.1, -0.05) is 6.92 Å². The molecule has 3 heteroatoms. The Balaban J connectivity index is 2.18. The van der Waals surface area contributed by atoms with E-state index in [-0.39, 0.29) is 6.10 Å². The first-order chi connectivity index (χ1) is 8.22. The third-order valence-electron chi connectivity index (χ3n) is 3.50. The minimum Gasteiger partial charge on any atom is -0.388 e. The second kappa shape index (κ2) is 5.50. The van der Waals surface area contributed by atoms with Gasteiger partial charge in [-0.15, -0.1) is 0 Å². The van der Waals surface area contributed by atoms with E-state index >= 15 is 0 Å². The van der Waals surface area contributed by atoms with E-state index < -0.39 is 0 Å².